The first-order valence-corrected chi connectivity index (χ1v) is 8.06. The number of aromatic nitrogens is 2. The molecule has 0 N–H and O–H groups in total. The average molecular weight is 358 g/mol. The number of benzene rings is 2. The zero-order chi connectivity index (χ0) is 18.9. The molecule has 0 aliphatic heterocycles. The van der Waals surface area contributed by atoms with Crippen LogP contribution in [0.4, 0.5) is 13.2 Å². The van der Waals surface area contributed by atoms with Gasteiger partial charge in [-0.25, -0.2) is 4.68 Å². The van der Waals surface area contributed by atoms with Crippen LogP contribution >= 0.6 is 0 Å². The Balaban J connectivity index is 1.94. The largest absolute Gasteiger partial charge is 0.416 e. The summed E-state index contributed by atoms with van der Waals surface area (Å²) in [6.45, 7) is 4.04. The van der Waals surface area contributed by atoms with Gasteiger partial charge in [-0.1, -0.05) is 29.8 Å². The molecule has 0 saturated carbocycles. The van der Waals surface area contributed by atoms with E-state index in [4.69, 9.17) is 0 Å². The molecule has 0 bridgehead atoms. The van der Waals surface area contributed by atoms with Gasteiger partial charge in [0.25, 0.3) is 5.56 Å². The van der Waals surface area contributed by atoms with E-state index in [-0.39, 0.29) is 12.1 Å². The molecule has 0 aliphatic rings. The van der Waals surface area contributed by atoms with Crippen LogP contribution < -0.4 is 5.56 Å². The summed E-state index contributed by atoms with van der Waals surface area (Å²) in [5.74, 6) is 0. The van der Waals surface area contributed by atoms with E-state index < -0.39 is 11.7 Å². The minimum Gasteiger partial charge on any atom is -0.268 e. The van der Waals surface area contributed by atoms with Crippen molar-refractivity contribution in [3.63, 3.8) is 0 Å². The lowest BCUT2D eigenvalue weighted by atomic mass is 10.0. The highest BCUT2D eigenvalue weighted by molar-refractivity contribution is 5.63. The smallest absolute Gasteiger partial charge is 0.268 e. The number of hydrogen-bond acceptors (Lipinski definition) is 2. The molecule has 0 atom stereocenters. The lowest BCUT2D eigenvalue weighted by molar-refractivity contribution is -0.137. The first-order chi connectivity index (χ1) is 12.2. The molecule has 3 rings (SSSR count). The van der Waals surface area contributed by atoms with Crippen LogP contribution in [0.1, 0.15) is 22.3 Å². The third-order valence-electron chi connectivity index (χ3n) is 4.15. The predicted octanol–water partition coefficient (Wildman–Crippen LogP) is 4.59. The van der Waals surface area contributed by atoms with Crippen molar-refractivity contribution >= 4 is 0 Å². The molecule has 0 amide bonds. The molecule has 26 heavy (non-hydrogen) atoms. The second kappa shape index (κ2) is 6.78. The van der Waals surface area contributed by atoms with E-state index in [2.05, 4.69) is 5.10 Å². The van der Waals surface area contributed by atoms with Crippen molar-refractivity contribution in [3.05, 3.63) is 87.2 Å². The van der Waals surface area contributed by atoms with Gasteiger partial charge in [-0.05, 0) is 49.2 Å². The molecule has 0 unspecified atom stereocenters. The van der Waals surface area contributed by atoms with E-state index in [0.29, 0.717) is 11.3 Å². The van der Waals surface area contributed by atoms with Gasteiger partial charge < -0.3 is 0 Å². The molecular formula is C20H17F3N2O. The SMILES string of the molecule is Cc1ccc(C)c(-c2ccc(=O)n(Cc3ccc(C(F)(F)F)cc3)n2)c1. The summed E-state index contributed by atoms with van der Waals surface area (Å²) in [6, 6.07) is 13.8. The van der Waals surface area contributed by atoms with Gasteiger partial charge in [0, 0.05) is 11.6 Å². The Labute approximate surface area is 148 Å². The summed E-state index contributed by atoms with van der Waals surface area (Å²) in [7, 11) is 0. The van der Waals surface area contributed by atoms with E-state index >= 15 is 0 Å². The molecular weight excluding hydrogens is 341 g/mol. The number of aryl methyl sites for hydroxylation is 2. The lowest BCUT2D eigenvalue weighted by Gasteiger charge is -2.11. The standard InChI is InChI=1S/C20H17F3N2O/c1-13-3-4-14(2)17(11-13)18-9-10-19(26)25(24-18)12-15-5-7-16(8-6-15)20(21,22)23/h3-11H,12H2,1-2H3. The van der Waals surface area contributed by atoms with Gasteiger partial charge in [0.05, 0.1) is 17.8 Å². The van der Waals surface area contributed by atoms with E-state index in [9.17, 15) is 18.0 Å². The molecule has 2 aromatic carbocycles. The Morgan fingerprint density at radius 2 is 1.65 bits per heavy atom. The van der Waals surface area contributed by atoms with Crippen LogP contribution in [0.3, 0.4) is 0 Å². The number of alkyl halides is 3. The Hall–Kier alpha value is -2.89. The van der Waals surface area contributed by atoms with Crippen LogP contribution in [0.2, 0.25) is 0 Å². The summed E-state index contributed by atoms with van der Waals surface area (Å²) >= 11 is 0. The molecule has 0 aliphatic carbocycles. The second-order valence-electron chi connectivity index (χ2n) is 6.23. The van der Waals surface area contributed by atoms with Crippen LogP contribution in [0, 0.1) is 13.8 Å². The van der Waals surface area contributed by atoms with Crippen molar-refractivity contribution in [3.8, 4) is 11.3 Å². The molecule has 0 fully saturated rings. The van der Waals surface area contributed by atoms with E-state index in [0.717, 1.165) is 28.8 Å². The monoisotopic (exact) mass is 358 g/mol. The second-order valence-corrected chi connectivity index (χ2v) is 6.23. The van der Waals surface area contributed by atoms with Crippen molar-refractivity contribution in [2.24, 2.45) is 0 Å². The van der Waals surface area contributed by atoms with Crippen LogP contribution in [0.15, 0.2) is 59.4 Å². The summed E-state index contributed by atoms with van der Waals surface area (Å²) in [6.07, 6.45) is -4.38. The first kappa shape index (κ1) is 17.9. The Kier molecular flexibility index (Phi) is 4.68. The van der Waals surface area contributed by atoms with Crippen LogP contribution in [-0.4, -0.2) is 9.78 Å². The van der Waals surface area contributed by atoms with Crippen molar-refractivity contribution in [1.29, 1.82) is 0 Å². The first-order valence-electron chi connectivity index (χ1n) is 8.06. The topological polar surface area (TPSA) is 34.9 Å². The van der Waals surface area contributed by atoms with Crippen molar-refractivity contribution in [2.75, 3.05) is 0 Å². The molecule has 1 aromatic heterocycles. The summed E-state index contributed by atoms with van der Waals surface area (Å²) in [5, 5.41) is 4.39. The van der Waals surface area contributed by atoms with E-state index in [1.807, 2.05) is 32.0 Å². The molecule has 3 aromatic rings. The third kappa shape index (κ3) is 3.85. The van der Waals surface area contributed by atoms with Gasteiger partial charge in [0.2, 0.25) is 0 Å². The van der Waals surface area contributed by atoms with Gasteiger partial charge >= 0.3 is 6.18 Å². The highest BCUT2D eigenvalue weighted by Crippen LogP contribution is 2.29. The minimum absolute atomic E-state index is 0.107. The zero-order valence-corrected chi connectivity index (χ0v) is 14.3. The number of hydrogen-bond donors (Lipinski definition) is 0. The maximum atomic E-state index is 12.7. The molecule has 6 heteroatoms. The van der Waals surface area contributed by atoms with E-state index in [1.54, 1.807) is 6.07 Å². The van der Waals surface area contributed by atoms with Crippen molar-refractivity contribution in [1.82, 2.24) is 9.78 Å². The van der Waals surface area contributed by atoms with Crippen LogP contribution in [0.5, 0.6) is 0 Å². The highest BCUT2D eigenvalue weighted by Gasteiger charge is 2.29. The number of rotatable bonds is 3. The fraction of sp³-hybridized carbons (Fsp3) is 0.200. The van der Waals surface area contributed by atoms with Gasteiger partial charge in [0.1, 0.15) is 0 Å². The molecule has 0 spiro atoms. The van der Waals surface area contributed by atoms with Gasteiger partial charge in [-0.3, -0.25) is 4.79 Å². The predicted molar refractivity (Wildman–Crippen MR) is 94.0 cm³/mol. The Morgan fingerprint density at radius 1 is 0.962 bits per heavy atom. The minimum atomic E-state index is -4.38. The molecule has 0 saturated heterocycles. The average Bonchev–Trinajstić information content (AvgIpc) is 2.59. The molecule has 3 nitrogen and oxygen atoms in total. The van der Waals surface area contributed by atoms with Crippen molar-refractivity contribution in [2.45, 2.75) is 26.6 Å². The normalized spacial score (nSPS) is 11.6. The fourth-order valence-electron chi connectivity index (χ4n) is 2.69. The molecule has 0 radical (unpaired) electrons. The summed E-state index contributed by atoms with van der Waals surface area (Å²) < 4.78 is 39.2. The fourth-order valence-corrected chi connectivity index (χ4v) is 2.69. The van der Waals surface area contributed by atoms with Gasteiger partial charge in [-0.15, -0.1) is 0 Å². The van der Waals surface area contributed by atoms with Crippen molar-refractivity contribution < 1.29 is 13.2 Å². The van der Waals surface area contributed by atoms with E-state index in [1.165, 1.54) is 22.9 Å². The zero-order valence-electron chi connectivity index (χ0n) is 14.3. The molecule has 1 heterocycles. The Bertz CT molecular complexity index is 989. The van der Waals surface area contributed by atoms with Crippen LogP contribution in [-0.2, 0) is 12.7 Å². The number of nitrogens with zero attached hydrogens (tertiary/aromatic N) is 2. The lowest BCUT2D eigenvalue weighted by Crippen LogP contribution is -2.23. The van der Waals surface area contributed by atoms with Gasteiger partial charge in [0.15, 0.2) is 0 Å². The Morgan fingerprint density at radius 3 is 2.31 bits per heavy atom. The quantitative estimate of drug-likeness (QED) is 0.686. The maximum absolute atomic E-state index is 12.7. The number of halogens is 3. The van der Waals surface area contributed by atoms with Gasteiger partial charge in [-0.2, -0.15) is 18.3 Å². The summed E-state index contributed by atoms with van der Waals surface area (Å²) in [4.78, 5) is 12.1. The van der Waals surface area contributed by atoms with Crippen LogP contribution in [0.25, 0.3) is 11.3 Å². The molecule has 134 valence electrons. The maximum Gasteiger partial charge on any atom is 0.416 e. The third-order valence-corrected chi connectivity index (χ3v) is 4.15. The highest BCUT2D eigenvalue weighted by atomic mass is 19.4. The summed E-state index contributed by atoms with van der Waals surface area (Å²) in [5.41, 5.74) is 3.23.